The van der Waals surface area contributed by atoms with E-state index in [-0.39, 0.29) is 5.12 Å². The first-order valence-corrected chi connectivity index (χ1v) is 6.51. The highest BCUT2D eigenvalue weighted by atomic mass is 32.2. The van der Waals surface area contributed by atoms with Crippen molar-refractivity contribution in [3.8, 4) is 11.8 Å². The van der Waals surface area contributed by atoms with Crippen LogP contribution in [0, 0.1) is 11.8 Å². The van der Waals surface area contributed by atoms with Gasteiger partial charge in [0.2, 0.25) is 0 Å². The third-order valence-corrected chi connectivity index (χ3v) is 3.17. The fourth-order valence-corrected chi connectivity index (χ4v) is 2.02. The largest absolute Gasteiger partial charge is 0.382 e. The molecule has 1 aromatic heterocycles. The number of nitrogen functional groups attached to an aromatic ring is 1. The van der Waals surface area contributed by atoms with Crippen LogP contribution in [-0.4, -0.2) is 21.1 Å². The van der Waals surface area contributed by atoms with Crippen molar-refractivity contribution in [1.29, 1.82) is 0 Å². The molecule has 1 heterocycles. The van der Waals surface area contributed by atoms with E-state index in [4.69, 9.17) is 5.73 Å². The topological polar surface area (TPSA) is 71.8 Å². The maximum atomic E-state index is 10.7. The summed E-state index contributed by atoms with van der Waals surface area (Å²) >= 11 is 1.30. The summed E-state index contributed by atoms with van der Waals surface area (Å²) in [5.41, 5.74) is 7.48. The molecule has 0 amide bonds. The molecular weight excluding hydrogens is 246 g/mol. The molecule has 2 aromatic rings. The van der Waals surface area contributed by atoms with Gasteiger partial charge in [-0.05, 0) is 18.2 Å². The Hall–Kier alpha value is -1.93. The quantitative estimate of drug-likeness (QED) is 0.640. The Morgan fingerprint density at radius 3 is 3.17 bits per heavy atom. The lowest BCUT2D eigenvalue weighted by Gasteiger charge is -1.92. The molecule has 0 radical (unpaired) electrons. The number of rotatable bonds is 2. The zero-order valence-corrected chi connectivity index (χ0v) is 10.8. The first kappa shape index (κ1) is 12.5. The Labute approximate surface area is 109 Å². The molecule has 18 heavy (non-hydrogen) atoms. The summed E-state index contributed by atoms with van der Waals surface area (Å²) in [6, 6.07) is 5.74. The Balaban J connectivity index is 2.03. The summed E-state index contributed by atoms with van der Waals surface area (Å²) in [5.74, 6) is 7.34. The zero-order chi connectivity index (χ0) is 13.0. The minimum absolute atomic E-state index is 0.131. The van der Waals surface area contributed by atoms with E-state index in [1.165, 1.54) is 11.8 Å². The minimum atomic E-state index is 0.131. The highest BCUT2D eigenvalue weighted by Crippen LogP contribution is 2.18. The molecule has 0 saturated carbocycles. The molecule has 0 aliphatic rings. The Kier molecular flexibility index (Phi) is 3.90. The molecule has 0 aliphatic heterocycles. The number of benzene rings is 1. The van der Waals surface area contributed by atoms with Crippen LogP contribution in [0.5, 0.6) is 0 Å². The van der Waals surface area contributed by atoms with Gasteiger partial charge in [0.15, 0.2) is 10.9 Å². The van der Waals surface area contributed by atoms with Gasteiger partial charge in [-0.2, -0.15) is 5.10 Å². The average Bonchev–Trinajstić information content (AvgIpc) is 2.70. The summed E-state index contributed by atoms with van der Waals surface area (Å²) in [4.78, 5) is 10.7. The van der Waals surface area contributed by atoms with Gasteiger partial charge in [0.05, 0.1) is 5.52 Å². The molecule has 1 aromatic carbocycles. The van der Waals surface area contributed by atoms with Crippen molar-refractivity contribution in [2.75, 3.05) is 11.5 Å². The fourth-order valence-electron chi connectivity index (χ4n) is 1.53. The van der Waals surface area contributed by atoms with Gasteiger partial charge < -0.3 is 5.73 Å². The van der Waals surface area contributed by atoms with Crippen LogP contribution < -0.4 is 5.73 Å². The molecule has 0 fully saturated rings. The van der Waals surface area contributed by atoms with E-state index in [1.54, 1.807) is 6.92 Å². The van der Waals surface area contributed by atoms with Crippen LogP contribution >= 0.6 is 11.8 Å². The van der Waals surface area contributed by atoms with Crippen molar-refractivity contribution in [2.24, 2.45) is 0 Å². The lowest BCUT2D eigenvalue weighted by Crippen LogP contribution is -1.84. The third-order valence-electron chi connectivity index (χ3n) is 2.36. The van der Waals surface area contributed by atoms with Crippen molar-refractivity contribution in [1.82, 2.24) is 10.2 Å². The first-order valence-electron chi connectivity index (χ1n) is 5.52. The van der Waals surface area contributed by atoms with E-state index in [0.29, 0.717) is 12.2 Å². The van der Waals surface area contributed by atoms with E-state index >= 15 is 0 Å². The van der Waals surface area contributed by atoms with E-state index in [1.807, 2.05) is 18.2 Å². The summed E-state index contributed by atoms with van der Waals surface area (Å²) in [5, 5.41) is 7.82. The van der Waals surface area contributed by atoms with Gasteiger partial charge in [0, 0.05) is 30.0 Å². The van der Waals surface area contributed by atoms with Crippen LogP contribution in [0.25, 0.3) is 10.9 Å². The smallest absolute Gasteiger partial charge is 0.185 e. The monoisotopic (exact) mass is 259 g/mol. The van der Waals surface area contributed by atoms with Crippen LogP contribution in [0.3, 0.4) is 0 Å². The molecule has 5 heteroatoms. The second-order valence-electron chi connectivity index (χ2n) is 3.76. The number of aromatic nitrogens is 2. The first-order chi connectivity index (χ1) is 8.66. The molecule has 0 saturated heterocycles. The molecule has 3 N–H and O–H groups in total. The summed E-state index contributed by atoms with van der Waals surface area (Å²) in [6.45, 7) is 1.56. The predicted octanol–water partition coefficient (Wildman–Crippen LogP) is 2.17. The Morgan fingerprint density at radius 2 is 2.39 bits per heavy atom. The van der Waals surface area contributed by atoms with Gasteiger partial charge in [-0.15, -0.1) is 0 Å². The lowest BCUT2D eigenvalue weighted by atomic mass is 10.1. The zero-order valence-electron chi connectivity index (χ0n) is 9.99. The number of nitrogens with one attached hydrogen (secondary N) is 1. The van der Waals surface area contributed by atoms with Gasteiger partial charge in [-0.3, -0.25) is 9.89 Å². The second-order valence-corrected chi connectivity index (χ2v) is 5.03. The Bertz CT molecular complexity index is 636. The molecule has 0 unspecified atom stereocenters. The van der Waals surface area contributed by atoms with Gasteiger partial charge in [0.25, 0.3) is 0 Å². The third kappa shape index (κ3) is 3.05. The maximum Gasteiger partial charge on any atom is 0.185 e. The molecular formula is C13H13N3OS. The van der Waals surface area contributed by atoms with Gasteiger partial charge in [-0.25, -0.2) is 0 Å². The van der Waals surface area contributed by atoms with Crippen LogP contribution in [-0.2, 0) is 4.79 Å². The number of thioether (sulfide) groups is 1. The van der Waals surface area contributed by atoms with E-state index in [2.05, 4.69) is 22.0 Å². The highest BCUT2D eigenvalue weighted by molar-refractivity contribution is 8.13. The number of carbonyl (C=O) groups is 1. The number of carbonyl (C=O) groups excluding carboxylic acids is 1. The predicted molar refractivity (Wildman–Crippen MR) is 75.1 cm³/mol. The van der Waals surface area contributed by atoms with E-state index in [0.717, 1.165) is 22.2 Å². The Morgan fingerprint density at radius 1 is 1.56 bits per heavy atom. The van der Waals surface area contributed by atoms with Crippen LogP contribution in [0.4, 0.5) is 5.82 Å². The number of anilines is 1. The summed E-state index contributed by atoms with van der Waals surface area (Å²) in [7, 11) is 0. The number of nitrogens with zero attached hydrogens (tertiary/aromatic N) is 1. The normalized spacial score (nSPS) is 10.1. The lowest BCUT2D eigenvalue weighted by molar-refractivity contribution is -0.109. The van der Waals surface area contributed by atoms with Gasteiger partial charge in [-0.1, -0.05) is 23.6 Å². The SMILES string of the molecule is CC(=O)SCCC#Cc1ccc2c(N)n[nH]c2c1. The summed E-state index contributed by atoms with van der Waals surface area (Å²) < 4.78 is 0. The van der Waals surface area contributed by atoms with Crippen LogP contribution in [0.15, 0.2) is 18.2 Å². The van der Waals surface area contributed by atoms with Gasteiger partial charge >= 0.3 is 0 Å². The molecule has 4 nitrogen and oxygen atoms in total. The van der Waals surface area contributed by atoms with Crippen molar-refractivity contribution in [3.05, 3.63) is 23.8 Å². The number of fused-ring (bicyclic) bond motifs is 1. The maximum absolute atomic E-state index is 10.7. The number of hydrogen-bond donors (Lipinski definition) is 2. The second kappa shape index (κ2) is 5.61. The van der Waals surface area contributed by atoms with Crippen molar-refractivity contribution >= 4 is 33.6 Å². The molecule has 0 aliphatic carbocycles. The number of nitrogens with two attached hydrogens (primary N) is 1. The standard InChI is InChI=1S/C13H13N3OS/c1-9(17)18-7-3-2-4-10-5-6-11-12(8-10)15-16-13(11)14/h5-6,8H,3,7H2,1H3,(H3,14,15,16). The van der Waals surface area contributed by atoms with Gasteiger partial charge in [0.1, 0.15) is 0 Å². The molecule has 0 bridgehead atoms. The van der Waals surface area contributed by atoms with E-state index < -0.39 is 0 Å². The molecule has 0 atom stereocenters. The fraction of sp³-hybridized carbons (Fsp3) is 0.231. The number of aromatic amines is 1. The van der Waals surface area contributed by atoms with Crippen molar-refractivity contribution in [3.63, 3.8) is 0 Å². The molecule has 92 valence electrons. The van der Waals surface area contributed by atoms with Crippen molar-refractivity contribution < 1.29 is 4.79 Å². The minimum Gasteiger partial charge on any atom is -0.382 e. The van der Waals surface area contributed by atoms with Crippen LogP contribution in [0.1, 0.15) is 18.9 Å². The average molecular weight is 259 g/mol. The van der Waals surface area contributed by atoms with E-state index in [9.17, 15) is 4.79 Å². The number of H-pyrrole nitrogens is 1. The highest BCUT2D eigenvalue weighted by Gasteiger charge is 2.01. The summed E-state index contributed by atoms with van der Waals surface area (Å²) in [6.07, 6.45) is 0.702. The van der Waals surface area contributed by atoms with Crippen LogP contribution in [0.2, 0.25) is 0 Å². The molecule has 2 rings (SSSR count). The molecule has 0 spiro atoms. The number of hydrogen-bond acceptors (Lipinski definition) is 4. The van der Waals surface area contributed by atoms with Crippen molar-refractivity contribution in [2.45, 2.75) is 13.3 Å².